The summed E-state index contributed by atoms with van der Waals surface area (Å²) in [7, 11) is 2.17. The number of hydrogen-bond donors (Lipinski definition) is 1. The molecule has 0 aliphatic carbocycles. The Morgan fingerprint density at radius 2 is 0.872 bits per heavy atom. The highest BCUT2D eigenvalue weighted by atomic mass is 16.5. The molecule has 0 saturated carbocycles. The lowest BCUT2D eigenvalue weighted by Gasteiger charge is -2.38. The number of nitrogens with one attached hydrogen (secondary N) is 1. The second kappa shape index (κ2) is 25.6. The van der Waals surface area contributed by atoms with Crippen LogP contribution < -0.4 is 5.32 Å². The fraction of sp³-hybridized carbons (Fsp3) is 1.00. The van der Waals surface area contributed by atoms with Gasteiger partial charge in [-0.1, -0.05) is 27.7 Å². The van der Waals surface area contributed by atoms with Crippen molar-refractivity contribution >= 4 is 0 Å². The maximum absolute atomic E-state index is 5.79. The summed E-state index contributed by atoms with van der Waals surface area (Å²) in [5, 5.41) is 3.61. The highest BCUT2D eigenvalue weighted by Gasteiger charge is 2.23. The van der Waals surface area contributed by atoms with Crippen molar-refractivity contribution in [3.63, 3.8) is 0 Å². The molecule has 7 nitrogen and oxygen atoms in total. The zero-order valence-corrected chi connectivity index (χ0v) is 35.1. The van der Waals surface area contributed by atoms with Crippen molar-refractivity contribution < 1.29 is 4.74 Å². The van der Waals surface area contributed by atoms with Crippen molar-refractivity contribution in [2.45, 2.75) is 191 Å². The minimum absolute atomic E-state index is 0.385. The second-order valence-electron chi connectivity index (χ2n) is 16.9. The van der Waals surface area contributed by atoms with Gasteiger partial charge in [0.2, 0.25) is 0 Å². The molecule has 0 aromatic rings. The van der Waals surface area contributed by atoms with Crippen LogP contribution in [-0.4, -0.2) is 145 Å². The zero-order valence-electron chi connectivity index (χ0n) is 35.1. The van der Waals surface area contributed by atoms with Gasteiger partial charge in [-0.25, -0.2) is 0 Å². The molecular weight excluding hydrogens is 580 g/mol. The third kappa shape index (κ3) is 22.9. The van der Waals surface area contributed by atoms with E-state index in [1.807, 2.05) is 0 Å². The molecule has 0 amide bonds. The van der Waals surface area contributed by atoms with Gasteiger partial charge in [0.15, 0.2) is 0 Å². The van der Waals surface area contributed by atoms with Gasteiger partial charge in [-0.2, -0.15) is 0 Å². The van der Waals surface area contributed by atoms with Gasteiger partial charge >= 0.3 is 0 Å². The van der Waals surface area contributed by atoms with Gasteiger partial charge < -0.3 is 24.8 Å². The van der Waals surface area contributed by atoms with Gasteiger partial charge in [0.1, 0.15) is 0 Å². The fourth-order valence-electron chi connectivity index (χ4n) is 6.52. The van der Waals surface area contributed by atoms with Crippen molar-refractivity contribution in [2.24, 2.45) is 5.92 Å². The Hall–Kier alpha value is -0.280. The average molecular weight is 669 g/mol. The SMILES string of the molecule is CC(C)CN(C)C(C)C.CC(C)N1CCN(C(C)C)CC1.CC(C)NC1CCN(C(C)C)CC1.CC(C)OC1CCN(C(C)C)CC1. The molecule has 0 aromatic carbocycles. The second-order valence-corrected chi connectivity index (χ2v) is 16.9. The first-order chi connectivity index (χ1) is 21.8. The van der Waals surface area contributed by atoms with Gasteiger partial charge in [0.25, 0.3) is 0 Å². The molecule has 0 aromatic heterocycles. The van der Waals surface area contributed by atoms with E-state index in [2.05, 4.69) is 148 Å². The highest BCUT2D eigenvalue weighted by molar-refractivity contribution is 4.80. The summed E-state index contributed by atoms with van der Waals surface area (Å²) in [5.41, 5.74) is 0. The standard InChI is InChI=1S/C11H24N2.C11H23NO.C10H22N2.C8H19N/c1-9(2)12-11-5-7-13(8-6-11)10(3)4;1-9(2)12-7-5-11(6-8-12)13-10(3)4;1-9(2)11-5-7-12(8-6-11)10(3)4;1-7(2)6-9(5)8(3)4/h9-12H,5-8H2,1-4H3;9-11H,5-8H2,1-4H3;9-10H,5-8H2,1-4H3;7-8H,6H2,1-5H3. The van der Waals surface area contributed by atoms with Crippen LogP contribution in [0.3, 0.4) is 0 Å². The Bertz CT molecular complexity index is 652. The Morgan fingerprint density at radius 3 is 1.13 bits per heavy atom. The number of piperazine rings is 1. The smallest absolute Gasteiger partial charge is 0.0603 e. The lowest BCUT2D eigenvalue weighted by atomic mass is 10.0. The van der Waals surface area contributed by atoms with Crippen LogP contribution in [0, 0.1) is 5.92 Å². The average Bonchev–Trinajstić information content (AvgIpc) is 2.98. The number of hydrogen-bond acceptors (Lipinski definition) is 7. The minimum Gasteiger partial charge on any atom is -0.375 e. The Morgan fingerprint density at radius 1 is 0.532 bits per heavy atom. The molecule has 0 unspecified atom stereocenters. The van der Waals surface area contributed by atoms with Gasteiger partial charge in [-0.15, -0.1) is 0 Å². The van der Waals surface area contributed by atoms with Crippen molar-refractivity contribution in [2.75, 3.05) is 66.0 Å². The molecule has 47 heavy (non-hydrogen) atoms. The predicted molar refractivity (Wildman–Crippen MR) is 210 cm³/mol. The molecule has 1 N–H and O–H groups in total. The van der Waals surface area contributed by atoms with Gasteiger partial charge in [0.05, 0.1) is 12.2 Å². The topological polar surface area (TPSA) is 37.5 Å². The summed E-state index contributed by atoms with van der Waals surface area (Å²) in [5.74, 6) is 0.789. The van der Waals surface area contributed by atoms with Gasteiger partial charge in [0, 0.05) is 88.1 Å². The lowest BCUT2D eigenvalue weighted by molar-refractivity contribution is -0.0309. The maximum atomic E-state index is 5.79. The molecule has 3 rings (SSSR count). The number of ether oxygens (including phenoxy) is 1. The molecule has 3 aliphatic heterocycles. The maximum Gasteiger partial charge on any atom is 0.0603 e. The first kappa shape index (κ1) is 46.7. The molecule has 3 heterocycles. The van der Waals surface area contributed by atoms with Crippen LogP contribution in [0.5, 0.6) is 0 Å². The third-order valence-electron chi connectivity index (χ3n) is 9.84. The van der Waals surface area contributed by atoms with Crippen LogP contribution in [0.1, 0.15) is 136 Å². The van der Waals surface area contributed by atoms with Crippen molar-refractivity contribution in [1.29, 1.82) is 0 Å². The van der Waals surface area contributed by atoms with E-state index in [1.165, 1.54) is 84.6 Å². The first-order valence-corrected chi connectivity index (χ1v) is 19.9. The Labute approximate surface area is 296 Å². The third-order valence-corrected chi connectivity index (χ3v) is 9.84. The van der Waals surface area contributed by atoms with Gasteiger partial charge in [-0.05, 0) is 135 Å². The van der Waals surface area contributed by atoms with Crippen LogP contribution in [0.25, 0.3) is 0 Å². The van der Waals surface area contributed by atoms with Crippen molar-refractivity contribution in [1.82, 2.24) is 29.8 Å². The number of nitrogens with zero attached hydrogens (tertiary/aromatic N) is 5. The summed E-state index contributed by atoms with van der Waals surface area (Å²) < 4.78 is 5.79. The summed E-state index contributed by atoms with van der Waals surface area (Å²) in [6.07, 6.45) is 5.94. The number of piperidine rings is 2. The highest BCUT2D eigenvalue weighted by Crippen LogP contribution is 2.17. The van der Waals surface area contributed by atoms with E-state index < -0.39 is 0 Å². The Balaban J connectivity index is 0.000000606. The lowest BCUT2D eigenvalue weighted by Crippen LogP contribution is -2.50. The number of likely N-dealkylation sites (tertiary alicyclic amines) is 2. The summed E-state index contributed by atoms with van der Waals surface area (Å²) in [6.45, 7) is 47.0. The van der Waals surface area contributed by atoms with E-state index in [9.17, 15) is 0 Å². The van der Waals surface area contributed by atoms with Crippen LogP contribution in [0.2, 0.25) is 0 Å². The Kier molecular flexibility index (Phi) is 25.5. The molecule has 0 atom stereocenters. The summed E-state index contributed by atoms with van der Waals surface area (Å²) in [4.78, 5) is 12.6. The molecule has 284 valence electrons. The largest absolute Gasteiger partial charge is 0.375 e. The minimum atomic E-state index is 0.385. The molecule has 3 aliphatic rings. The van der Waals surface area contributed by atoms with Crippen LogP contribution in [-0.2, 0) is 4.74 Å². The fourth-order valence-corrected chi connectivity index (χ4v) is 6.52. The van der Waals surface area contributed by atoms with E-state index in [-0.39, 0.29) is 0 Å². The molecule has 7 heteroatoms. The van der Waals surface area contributed by atoms with E-state index >= 15 is 0 Å². The van der Waals surface area contributed by atoms with Gasteiger partial charge in [-0.3, -0.25) is 9.80 Å². The van der Waals surface area contributed by atoms with Crippen molar-refractivity contribution in [3.05, 3.63) is 0 Å². The van der Waals surface area contributed by atoms with E-state index in [0.29, 0.717) is 30.3 Å². The molecule has 3 saturated heterocycles. The quantitative estimate of drug-likeness (QED) is 0.244. The zero-order chi connectivity index (χ0) is 36.3. The van der Waals surface area contributed by atoms with Crippen molar-refractivity contribution in [3.8, 4) is 0 Å². The van der Waals surface area contributed by atoms with E-state index in [1.54, 1.807) is 0 Å². The molecule has 3 fully saturated rings. The van der Waals surface area contributed by atoms with E-state index in [4.69, 9.17) is 4.74 Å². The van der Waals surface area contributed by atoms with Crippen LogP contribution in [0.4, 0.5) is 0 Å². The van der Waals surface area contributed by atoms with E-state index in [0.717, 1.165) is 30.1 Å². The van der Waals surface area contributed by atoms with Crippen LogP contribution in [0.15, 0.2) is 0 Å². The normalized spacial score (nSPS) is 20.0. The molecular formula is C40H88N6O. The van der Waals surface area contributed by atoms with Crippen LogP contribution >= 0.6 is 0 Å². The number of rotatable bonds is 11. The molecule has 0 radical (unpaired) electrons. The predicted octanol–water partition coefficient (Wildman–Crippen LogP) is 7.54. The summed E-state index contributed by atoms with van der Waals surface area (Å²) >= 11 is 0. The molecule has 0 spiro atoms. The molecule has 0 bridgehead atoms. The first-order valence-electron chi connectivity index (χ1n) is 19.9. The summed E-state index contributed by atoms with van der Waals surface area (Å²) in [6, 6.07) is 4.94. The monoisotopic (exact) mass is 669 g/mol.